The highest BCUT2D eigenvalue weighted by Gasteiger charge is 2.15. The molecule has 130 valence electrons. The van der Waals surface area contributed by atoms with Crippen LogP contribution in [0.5, 0.6) is 17.2 Å². The van der Waals surface area contributed by atoms with Gasteiger partial charge in [0.25, 0.3) is 0 Å². The van der Waals surface area contributed by atoms with E-state index in [1.165, 1.54) is 0 Å². The first kappa shape index (κ1) is 18.9. The van der Waals surface area contributed by atoms with Crippen LogP contribution in [0.2, 0.25) is 0 Å². The van der Waals surface area contributed by atoms with E-state index in [2.05, 4.69) is 10.3 Å². The molecule has 0 fully saturated rings. The second kappa shape index (κ2) is 9.78. The van der Waals surface area contributed by atoms with Gasteiger partial charge in [-0.3, -0.25) is 4.99 Å². The van der Waals surface area contributed by atoms with Crippen LogP contribution in [-0.4, -0.2) is 53.6 Å². The minimum atomic E-state index is 0.111. The summed E-state index contributed by atoms with van der Waals surface area (Å²) in [5.41, 5.74) is 6.83. The maximum Gasteiger partial charge on any atom is 0.203 e. The number of nitrogens with one attached hydrogen (secondary N) is 1. The van der Waals surface area contributed by atoms with E-state index in [0.29, 0.717) is 42.8 Å². The SMILES string of the molecule is COCC(C)NC(N)=NCCc1ccc(OC)c(OC)c1OC. The molecular weight excluding hydrogens is 298 g/mol. The van der Waals surface area contributed by atoms with Crippen LogP contribution in [0.25, 0.3) is 0 Å². The molecule has 1 rings (SSSR count). The molecule has 7 nitrogen and oxygen atoms in total. The van der Waals surface area contributed by atoms with Gasteiger partial charge >= 0.3 is 0 Å². The molecule has 0 amide bonds. The van der Waals surface area contributed by atoms with E-state index < -0.39 is 0 Å². The van der Waals surface area contributed by atoms with Crippen molar-refractivity contribution in [3.63, 3.8) is 0 Å². The van der Waals surface area contributed by atoms with Gasteiger partial charge in [-0.05, 0) is 19.4 Å². The summed E-state index contributed by atoms with van der Waals surface area (Å²) in [6.07, 6.45) is 0.671. The van der Waals surface area contributed by atoms with E-state index in [1.54, 1.807) is 28.4 Å². The Balaban J connectivity index is 2.74. The molecular formula is C16H27N3O4. The molecule has 0 aliphatic rings. The number of ether oxygens (including phenoxy) is 4. The van der Waals surface area contributed by atoms with E-state index in [0.717, 1.165) is 5.56 Å². The van der Waals surface area contributed by atoms with Crippen molar-refractivity contribution in [2.75, 3.05) is 41.6 Å². The Morgan fingerprint density at radius 3 is 2.39 bits per heavy atom. The van der Waals surface area contributed by atoms with E-state index in [1.807, 2.05) is 19.1 Å². The van der Waals surface area contributed by atoms with Crippen molar-refractivity contribution in [1.29, 1.82) is 0 Å². The number of rotatable bonds is 9. The molecule has 0 spiro atoms. The van der Waals surface area contributed by atoms with E-state index in [-0.39, 0.29) is 6.04 Å². The van der Waals surface area contributed by atoms with Gasteiger partial charge in [0.15, 0.2) is 17.5 Å². The highest BCUT2D eigenvalue weighted by atomic mass is 16.5. The van der Waals surface area contributed by atoms with E-state index in [9.17, 15) is 0 Å². The zero-order valence-corrected chi connectivity index (χ0v) is 14.5. The third kappa shape index (κ3) is 5.52. The molecule has 0 saturated carbocycles. The summed E-state index contributed by atoms with van der Waals surface area (Å²) in [4.78, 5) is 4.32. The lowest BCUT2D eigenvalue weighted by Crippen LogP contribution is -2.40. The Morgan fingerprint density at radius 2 is 1.83 bits per heavy atom. The quantitative estimate of drug-likeness (QED) is 0.524. The molecule has 0 aliphatic heterocycles. The van der Waals surface area contributed by atoms with Gasteiger partial charge in [0.2, 0.25) is 5.75 Å². The highest BCUT2D eigenvalue weighted by molar-refractivity contribution is 5.78. The van der Waals surface area contributed by atoms with Crippen LogP contribution in [0.3, 0.4) is 0 Å². The Morgan fingerprint density at radius 1 is 1.13 bits per heavy atom. The predicted molar refractivity (Wildman–Crippen MR) is 90.8 cm³/mol. The molecule has 0 aliphatic carbocycles. The fourth-order valence-corrected chi connectivity index (χ4v) is 2.25. The van der Waals surface area contributed by atoms with Crippen molar-refractivity contribution in [3.8, 4) is 17.2 Å². The minimum Gasteiger partial charge on any atom is -0.493 e. The zero-order chi connectivity index (χ0) is 17.2. The molecule has 0 aromatic heterocycles. The zero-order valence-electron chi connectivity index (χ0n) is 14.5. The Labute approximate surface area is 137 Å². The summed E-state index contributed by atoms with van der Waals surface area (Å²) >= 11 is 0. The first-order valence-electron chi connectivity index (χ1n) is 7.40. The topological polar surface area (TPSA) is 87.3 Å². The molecule has 7 heteroatoms. The van der Waals surface area contributed by atoms with Crippen LogP contribution in [0.15, 0.2) is 17.1 Å². The second-order valence-corrected chi connectivity index (χ2v) is 5.01. The molecule has 0 heterocycles. The van der Waals surface area contributed by atoms with Gasteiger partial charge in [-0.2, -0.15) is 0 Å². The number of nitrogens with zero attached hydrogens (tertiary/aromatic N) is 1. The number of hydrogen-bond donors (Lipinski definition) is 2. The van der Waals surface area contributed by atoms with Crippen LogP contribution in [0, 0.1) is 0 Å². The summed E-state index contributed by atoms with van der Waals surface area (Å²) in [5, 5.41) is 3.06. The summed E-state index contributed by atoms with van der Waals surface area (Å²) < 4.78 is 21.1. The molecule has 3 N–H and O–H groups in total. The highest BCUT2D eigenvalue weighted by Crippen LogP contribution is 2.39. The fraction of sp³-hybridized carbons (Fsp3) is 0.562. The summed E-state index contributed by atoms with van der Waals surface area (Å²) in [7, 11) is 6.43. The summed E-state index contributed by atoms with van der Waals surface area (Å²) in [6.45, 7) is 3.08. The van der Waals surface area contributed by atoms with Crippen LogP contribution in [0.1, 0.15) is 12.5 Å². The first-order valence-corrected chi connectivity index (χ1v) is 7.40. The largest absolute Gasteiger partial charge is 0.493 e. The molecule has 0 radical (unpaired) electrons. The van der Waals surface area contributed by atoms with Crippen molar-refractivity contribution in [2.24, 2.45) is 10.7 Å². The van der Waals surface area contributed by atoms with Gasteiger partial charge in [0.05, 0.1) is 27.9 Å². The van der Waals surface area contributed by atoms with Crippen LogP contribution >= 0.6 is 0 Å². The van der Waals surface area contributed by atoms with Crippen LogP contribution < -0.4 is 25.3 Å². The lowest BCUT2D eigenvalue weighted by atomic mass is 10.1. The van der Waals surface area contributed by atoms with Crippen LogP contribution in [-0.2, 0) is 11.2 Å². The summed E-state index contributed by atoms with van der Waals surface area (Å²) in [6, 6.07) is 3.90. The van der Waals surface area contributed by atoms with Gasteiger partial charge in [-0.15, -0.1) is 0 Å². The second-order valence-electron chi connectivity index (χ2n) is 5.01. The van der Waals surface area contributed by atoms with Gasteiger partial charge in [-0.25, -0.2) is 0 Å². The summed E-state index contributed by atoms with van der Waals surface area (Å²) in [5.74, 6) is 2.26. The maximum absolute atomic E-state index is 5.85. The average Bonchev–Trinajstić information content (AvgIpc) is 2.54. The van der Waals surface area contributed by atoms with Crippen LogP contribution in [0.4, 0.5) is 0 Å². The molecule has 0 bridgehead atoms. The van der Waals surface area contributed by atoms with Crippen molar-refractivity contribution in [1.82, 2.24) is 5.32 Å². The lowest BCUT2D eigenvalue weighted by Gasteiger charge is -2.15. The number of aliphatic imine (C=N–C) groups is 1. The smallest absolute Gasteiger partial charge is 0.203 e. The van der Waals surface area contributed by atoms with Crippen molar-refractivity contribution in [3.05, 3.63) is 17.7 Å². The first-order chi connectivity index (χ1) is 11.1. The normalized spacial score (nSPS) is 12.7. The third-order valence-corrected chi connectivity index (χ3v) is 3.26. The molecule has 1 atom stereocenters. The van der Waals surface area contributed by atoms with E-state index >= 15 is 0 Å². The monoisotopic (exact) mass is 325 g/mol. The lowest BCUT2D eigenvalue weighted by molar-refractivity contribution is 0.179. The van der Waals surface area contributed by atoms with E-state index in [4.69, 9.17) is 24.7 Å². The number of guanidine groups is 1. The average molecular weight is 325 g/mol. The Hall–Kier alpha value is -2.15. The van der Waals surface area contributed by atoms with Crippen molar-refractivity contribution >= 4 is 5.96 Å². The van der Waals surface area contributed by atoms with Gasteiger partial charge in [0, 0.05) is 25.3 Å². The predicted octanol–water partition coefficient (Wildman–Crippen LogP) is 1.19. The van der Waals surface area contributed by atoms with Crippen molar-refractivity contribution in [2.45, 2.75) is 19.4 Å². The standard InChI is InChI=1S/C16H27N3O4/c1-11(10-20-2)19-16(17)18-9-8-12-6-7-13(21-3)15(23-5)14(12)22-4/h6-7,11H,8-10H2,1-5H3,(H3,17,18,19). The molecule has 1 unspecified atom stereocenters. The van der Waals surface area contributed by atoms with Crippen molar-refractivity contribution < 1.29 is 18.9 Å². The molecule has 1 aromatic rings. The van der Waals surface area contributed by atoms with Gasteiger partial charge < -0.3 is 30.0 Å². The van der Waals surface area contributed by atoms with Gasteiger partial charge in [-0.1, -0.05) is 6.07 Å². The van der Waals surface area contributed by atoms with Gasteiger partial charge in [0.1, 0.15) is 0 Å². The maximum atomic E-state index is 5.85. The minimum absolute atomic E-state index is 0.111. The Kier molecular flexibility index (Phi) is 8.04. The number of benzene rings is 1. The Bertz CT molecular complexity index is 520. The fourth-order valence-electron chi connectivity index (χ4n) is 2.25. The third-order valence-electron chi connectivity index (χ3n) is 3.26. The molecule has 23 heavy (non-hydrogen) atoms. The molecule has 1 aromatic carbocycles. The molecule has 0 saturated heterocycles. The number of methoxy groups -OCH3 is 4. The number of hydrogen-bond acceptors (Lipinski definition) is 5. The number of nitrogens with two attached hydrogens (primary N) is 1.